The first-order valence-electron chi connectivity index (χ1n) is 5.45. The smallest absolute Gasteiger partial charge is 0.302 e. The number of rotatable bonds is 1. The van der Waals surface area contributed by atoms with Crippen molar-refractivity contribution >= 4 is 5.97 Å². The zero-order valence-electron chi connectivity index (χ0n) is 9.38. The van der Waals surface area contributed by atoms with E-state index in [0.29, 0.717) is 6.61 Å². The third kappa shape index (κ3) is 3.17. The molecule has 0 N–H and O–H groups in total. The van der Waals surface area contributed by atoms with Crippen molar-refractivity contribution in [3.63, 3.8) is 0 Å². The van der Waals surface area contributed by atoms with Crippen molar-refractivity contribution in [2.24, 2.45) is 11.8 Å². The Labute approximate surface area is 86.3 Å². The predicted octanol–water partition coefficient (Wildman–Crippen LogP) is 2.93. The summed E-state index contributed by atoms with van der Waals surface area (Å²) < 4.78 is 4.40. The zero-order valence-corrected chi connectivity index (χ0v) is 9.38. The number of carbonyl (C=O) groups is 1. The normalized spacial score (nSPS) is 27.8. The maximum absolute atomic E-state index is 9.82. The molecular formula is C12H20O2. The Morgan fingerprint density at radius 2 is 2.29 bits per heavy atom. The van der Waals surface area contributed by atoms with Gasteiger partial charge >= 0.3 is 5.97 Å². The highest BCUT2D eigenvalue weighted by molar-refractivity contribution is 5.65. The van der Waals surface area contributed by atoms with Crippen LogP contribution < -0.4 is 0 Å². The lowest BCUT2D eigenvalue weighted by Crippen LogP contribution is -1.95. The van der Waals surface area contributed by atoms with Crippen molar-refractivity contribution in [3.8, 4) is 0 Å². The predicted molar refractivity (Wildman–Crippen MR) is 56.9 cm³/mol. The first kappa shape index (κ1) is 11.3. The SMILES string of the molecule is CC1=CC2CCC1C2.CCOC(C)=O. The minimum Gasteiger partial charge on any atom is -0.466 e. The van der Waals surface area contributed by atoms with Crippen molar-refractivity contribution in [1.29, 1.82) is 0 Å². The monoisotopic (exact) mass is 196 g/mol. The molecule has 2 heteroatoms. The van der Waals surface area contributed by atoms with Crippen molar-refractivity contribution in [2.75, 3.05) is 6.61 Å². The molecule has 2 aliphatic rings. The number of hydrogen-bond acceptors (Lipinski definition) is 2. The van der Waals surface area contributed by atoms with E-state index in [0.717, 1.165) is 11.8 Å². The molecule has 2 rings (SSSR count). The number of esters is 1. The molecule has 0 aromatic carbocycles. The van der Waals surface area contributed by atoms with Gasteiger partial charge in [0.15, 0.2) is 0 Å². The Kier molecular flexibility index (Phi) is 4.18. The van der Waals surface area contributed by atoms with Gasteiger partial charge in [-0.3, -0.25) is 4.79 Å². The minimum atomic E-state index is -0.211. The van der Waals surface area contributed by atoms with Crippen LogP contribution in [0.1, 0.15) is 40.0 Å². The van der Waals surface area contributed by atoms with Crippen LogP contribution in [0.4, 0.5) is 0 Å². The van der Waals surface area contributed by atoms with E-state index in [-0.39, 0.29) is 5.97 Å². The van der Waals surface area contributed by atoms with Gasteiger partial charge in [0, 0.05) is 6.92 Å². The van der Waals surface area contributed by atoms with Crippen molar-refractivity contribution < 1.29 is 9.53 Å². The van der Waals surface area contributed by atoms with Gasteiger partial charge in [-0.15, -0.1) is 0 Å². The molecule has 0 aromatic rings. The fourth-order valence-electron chi connectivity index (χ4n) is 2.29. The molecule has 2 bridgehead atoms. The Hall–Kier alpha value is -0.790. The number of hydrogen-bond donors (Lipinski definition) is 0. The van der Waals surface area contributed by atoms with Crippen LogP contribution in [-0.2, 0) is 9.53 Å². The summed E-state index contributed by atoms with van der Waals surface area (Å²) in [5.74, 6) is 1.78. The second kappa shape index (κ2) is 5.18. The molecule has 0 aromatic heterocycles. The highest BCUT2D eigenvalue weighted by Crippen LogP contribution is 2.42. The molecule has 2 atom stereocenters. The Morgan fingerprint density at radius 1 is 1.57 bits per heavy atom. The van der Waals surface area contributed by atoms with E-state index in [1.54, 1.807) is 12.5 Å². The molecule has 1 saturated carbocycles. The Bertz CT molecular complexity index is 230. The van der Waals surface area contributed by atoms with E-state index >= 15 is 0 Å². The summed E-state index contributed by atoms with van der Waals surface area (Å²) in [7, 11) is 0. The summed E-state index contributed by atoms with van der Waals surface area (Å²) in [5, 5.41) is 0. The van der Waals surface area contributed by atoms with Crippen LogP contribution in [0.25, 0.3) is 0 Å². The van der Waals surface area contributed by atoms with Gasteiger partial charge < -0.3 is 4.74 Å². The van der Waals surface area contributed by atoms with Crippen molar-refractivity contribution in [2.45, 2.75) is 40.0 Å². The van der Waals surface area contributed by atoms with E-state index in [2.05, 4.69) is 17.7 Å². The van der Waals surface area contributed by atoms with Crippen LogP contribution in [0.5, 0.6) is 0 Å². The molecule has 2 nitrogen and oxygen atoms in total. The molecule has 2 unspecified atom stereocenters. The molecule has 0 amide bonds. The zero-order chi connectivity index (χ0) is 10.6. The Balaban J connectivity index is 0.000000149. The summed E-state index contributed by atoms with van der Waals surface area (Å²) >= 11 is 0. The molecule has 0 heterocycles. The molecule has 0 aliphatic heterocycles. The van der Waals surface area contributed by atoms with Crippen LogP contribution in [-0.4, -0.2) is 12.6 Å². The Morgan fingerprint density at radius 3 is 2.43 bits per heavy atom. The minimum absolute atomic E-state index is 0.211. The third-order valence-corrected chi connectivity index (χ3v) is 2.96. The highest BCUT2D eigenvalue weighted by atomic mass is 16.5. The summed E-state index contributed by atoms with van der Waals surface area (Å²) in [6, 6.07) is 0. The van der Waals surface area contributed by atoms with Gasteiger partial charge in [0.25, 0.3) is 0 Å². The van der Waals surface area contributed by atoms with Gasteiger partial charge in [-0.1, -0.05) is 11.6 Å². The molecule has 0 radical (unpaired) electrons. The van der Waals surface area contributed by atoms with Crippen LogP contribution in [0.2, 0.25) is 0 Å². The number of carbonyl (C=O) groups excluding carboxylic acids is 1. The van der Waals surface area contributed by atoms with E-state index in [9.17, 15) is 4.79 Å². The van der Waals surface area contributed by atoms with Gasteiger partial charge in [0.1, 0.15) is 0 Å². The van der Waals surface area contributed by atoms with E-state index in [1.807, 2.05) is 0 Å². The van der Waals surface area contributed by atoms with E-state index in [4.69, 9.17) is 0 Å². The topological polar surface area (TPSA) is 26.3 Å². The molecule has 14 heavy (non-hydrogen) atoms. The van der Waals surface area contributed by atoms with Crippen LogP contribution in [0.15, 0.2) is 11.6 Å². The number of fused-ring (bicyclic) bond motifs is 2. The van der Waals surface area contributed by atoms with Crippen molar-refractivity contribution in [1.82, 2.24) is 0 Å². The van der Waals surface area contributed by atoms with Crippen LogP contribution in [0, 0.1) is 11.8 Å². The molecule has 2 aliphatic carbocycles. The fraction of sp³-hybridized carbons (Fsp3) is 0.750. The summed E-state index contributed by atoms with van der Waals surface area (Å²) in [5.41, 5.74) is 1.67. The van der Waals surface area contributed by atoms with E-state index < -0.39 is 0 Å². The van der Waals surface area contributed by atoms with Gasteiger partial charge in [0.2, 0.25) is 0 Å². The lowest BCUT2D eigenvalue weighted by molar-refractivity contribution is -0.140. The second-order valence-corrected chi connectivity index (χ2v) is 4.11. The molecule has 1 fully saturated rings. The van der Waals surface area contributed by atoms with Crippen LogP contribution in [0.3, 0.4) is 0 Å². The number of allylic oxidation sites excluding steroid dienone is 2. The molecular weight excluding hydrogens is 176 g/mol. The standard InChI is InChI=1S/C8H12.C4H8O2/c1-6-4-7-2-3-8(6)5-7;1-3-6-4(2)5/h4,7-8H,2-3,5H2,1H3;3H2,1-2H3. The molecule has 80 valence electrons. The van der Waals surface area contributed by atoms with Crippen LogP contribution >= 0.6 is 0 Å². The summed E-state index contributed by atoms with van der Waals surface area (Å²) in [4.78, 5) is 9.82. The summed E-state index contributed by atoms with van der Waals surface area (Å²) in [6.45, 7) is 5.93. The maximum atomic E-state index is 9.82. The number of ether oxygens (including phenoxy) is 1. The second-order valence-electron chi connectivity index (χ2n) is 4.11. The largest absolute Gasteiger partial charge is 0.466 e. The van der Waals surface area contributed by atoms with Gasteiger partial charge in [0.05, 0.1) is 6.61 Å². The van der Waals surface area contributed by atoms with E-state index in [1.165, 1.54) is 26.2 Å². The van der Waals surface area contributed by atoms with Gasteiger partial charge in [-0.2, -0.15) is 0 Å². The van der Waals surface area contributed by atoms with Crippen molar-refractivity contribution in [3.05, 3.63) is 11.6 Å². The third-order valence-electron chi connectivity index (χ3n) is 2.96. The average molecular weight is 196 g/mol. The fourth-order valence-corrected chi connectivity index (χ4v) is 2.29. The average Bonchev–Trinajstić information content (AvgIpc) is 2.65. The highest BCUT2D eigenvalue weighted by Gasteiger charge is 2.29. The first-order valence-corrected chi connectivity index (χ1v) is 5.45. The van der Waals surface area contributed by atoms with Gasteiger partial charge in [-0.25, -0.2) is 0 Å². The first-order chi connectivity index (χ1) is 6.63. The van der Waals surface area contributed by atoms with Gasteiger partial charge in [-0.05, 0) is 44.9 Å². The molecule has 0 spiro atoms. The maximum Gasteiger partial charge on any atom is 0.302 e. The lowest BCUT2D eigenvalue weighted by Gasteiger charge is -2.05. The molecule has 0 saturated heterocycles. The summed E-state index contributed by atoms with van der Waals surface area (Å²) in [6.07, 6.45) is 6.90. The lowest BCUT2D eigenvalue weighted by atomic mass is 10.0. The quantitative estimate of drug-likeness (QED) is 0.476.